The molecule has 0 radical (unpaired) electrons. The quantitative estimate of drug-likeness (QED) is 0.553. The van der Waals surface area contributed by atoms with E-state index >= 15 is 0 Å². The molecule has 3 aromatic rings. The summed E-state index contributed by atoms with van der Waals surface area (Å²) in [6.07, 6.45) is -0.552. The Kier molecular flexibility index (Phi) is 6.43. The Morgan fingerprint density at radius 3 is 2.41 bits per heavy atom. The van der Waals surface area contributed by atoms with Gasteiger partial charge >= 0.3 is 11.9 Å². The Morgan fingerprint density at radius 2 is 1.75 bits per heavy atom. The van der Waals surface area contributed by atoms with Gasteiger partial charge in [-0.15, -0.1) is 0 Å². The van der Waals surface area contributed by atoms with Crippen LogP contribution in [0.1, 0.15) is 20.1 Å². The predicted octanol–water partition coefficient (Wildman–Crippen LogP) is 4.34. The predicted molar refractivity (Wildman–Crippen MR) is 118 cm³/mol. The average Bonchev–Trinajstić information content (AvgIpc) is 3.33. The summed E-state index contributed by atoms with van der Waals surface area (Å²) in [7, 11) is 0. The van der Waals surface area contributed by atoms with Gasteiger partial charge in [0.25, 0.3) is 0 Å². The van der Waals surface area contributed by atoms with E-state index in [2.05, 4.69) is 5.32 Å². The highest BCUT2D eigenvalue weighted by atomic mass is 35.5. The van der Waals surface area contributed by atoms with Crippen LogP contribution in [0.15, 0.2) is 60.8 Å². The smallest absolute Gasteiger partial charge is 0.303 e. The number of esters is 2. The highest BCUT2D eigenvalue weighted by Gasteiger charge is 2.44. The third-order valence-electron chi connectivity index (χ3n) is 4.86. The van der Waals surface area contributed by atoms with Crippen LogP contribution in [-0.4, -0.2) is 40.5 Å². The molecule has 0 unspecified atom stereocenters. The zero-order chi connectivity index (χ0) is 22.7. The maximum Gasteiger partial charge on any atom is 0.303 e. The molecule has 8 nitrogen and oxygen atoms in total. The lowest BCUT2D eigenvalue weighted by Crippen LogP contribution is -2.36. The second-order valence-corrected chi connectivity index (χ2v) is 7.75. The van der Waals surface area contributed by atoms with Crippen LogP contribution >= 0.6 is 11.6 Å². The van der Waals surface area contributed by atoms with Crippen LogP contribution in [0.3, 0.4) is 0 Å². The van der Waals surface area contributed by atoms with Crippen molar-refractivity contribution in [2.45, 2.75) is 32.3 Å². The van der Waals surface area contributed by atoms with Crippen molar-refractivity contribution in [1.82, 2.24) is 9.78 Å². The van der Waals surface area contributed by atoms with Crippen LogP contribution in [0, 0.1) is 0 Å². The Labute approximate surface area is 190 Å². The van der Waals surface area contributed by atoms with Gasteiger partial charge in [-0.3, -0.25) is 9.59 Å². The summed E-state index contributed by atoms with van der Waals surface area (Å²) in [5.74, 6) is -0.986. The molecule has 32 heavy (non-hydrogen) atoms. The van der Waals surface area contributed by atoms with Gasteiger partial charge in [0.1, 0.15) is 5.69 Å². The molecule has 0 amide bonds. The third kappa shape index (κ3) is 4.92. The number of ether oxygens (including phenoxy) is 3. The SMILES string of the molecule is CC(=O)O[C@H]1[C@H](n2cc(Nc3ccccc3)c(-c3ccc(Cl)cc3)n2)OC[C@H]1OC(C)=O. The monoisotopic (exact) mass is 455 g/mol. The molecule has 3 atom stereocenters. The molecule has 1 aromatic heterocycles. The summed E-state index contributed by atoms with van der Waals surface area (Å²) in [4.78, 5) is 23.2. The molecule has 0 saturated carbocycles. The van der Waals surface area contributed by atoms with Gasteiger partial charge in [-0.25, -0.2) is 4.68 Å². The fraction of sp³-hybridized carbons (Fsp3) is 0.261. The van der Waals surface area contributed by atoms with E-state index in [1.54, 1.807) is 23.0 Å². The minimum atomic E-state index is -0.834. The zero-order valence-electron chi connectivity index (χ0n) is 17.5. The molecule has 1 saturated heterocycles. The summed E-state index contributed by atoms with van der Waals surface area (Å²) in [6, 6.07) is 17.0. The Balaban J connectivity index is 1.71. The van der Waals surface area contributed by atoms with Crippen molar-refractivity contribution in [2.24, 2.45) is 0 Å². The van der Waals surface area contributed by atoms with E-state index in [4.69, 9.17) is 30.9 Å². The van der Waals surface area contributed by atoms with Crippen LogP contribution in [0.4, 0.5) is 11.4 Å². The van der Waals surface area contributed by atoms with Crippen LogP contribution < -0.4 is 5.32 Å². The second kappa shape index (κ2) is 9.42. The number of halogens is 1. The standard InChI is InChI=1S/C23H22ClN3O5/c1-14(28)31-20-13-30-23(22(20)32-15(2)29)27-12-19(25-18-6-4-3-5-7-18)21(26-27)16-8-10-17(24)11-9-16/h3-12,20,22-23,25H,13H2,1-2H3/t20-,22-,23-/m1/s1. The van der Waals surface area contributed by atoms with E-state index in [0.29, 0.717) is 10.7 Å². The number of rotatable bonds is 6. The molecule has 1 aliphatic heterocycles. The molecule has 0 spiro atoms. The molecule has 1 fully saturated rings. The number of carbonyl (C=O) groups excluding carboxylic acids is 2. The van der Waals surface area contributed by atoms with Crippen molar-refractivity contribution >= 4 is 34.9 Å². The average molecular weight is 456 g/mol. The van der Waals surface area contributed by atoms with Gasteiger partial charge in [-0.1, -0.05) is 41.9 Å². The van der Waals surface area contributed by atoms with Gasteiger partial charge in [0.15, 0.2) is 18.4 Å². The number of aromatic nitrogens is 2. The fourth-order valence-corrected chi connectivity index (χ4v) is 3.67. The number of carbonyl (C=O) groups is 2. The molecule has 2 aromatic carbocycles. The highest BCUT2D eigenvalue weighted by molar-refractivity contribution is 6.30. The molecular formula is C23H22ClN3O5. The number of hydrogen-bond donors (Lipinski definition) is 1. The number of para-hydroxylation sites is 1. The van der Waals surface area contributed by atoms with Crippen molar-refractivity contribution in [2.75, 3.05) is 11.9 Å². The molecule has 1 aliphatic rings. The Morgan fingerprint density at radius 1 is 1.06 bits per heavy atom. The van der Waals surface area contributed by atoms with E-state index in [0.717, 1.165) is 16.9 Å². The lowest BCUT2D eigenvalue weighted by Gasteiger charge is -2.22. The molecule has 4 rings (SSSR count). The van der Waals surface area contributed by atoms with Gasteiger partial charge in [-0.2, -0.15) is 5.10 Å². The molecule has 1 N–H and O–H groups in total. The van der Waals surface area contributed by atoms with Gasteiger partial charge in [0.05, 0.1) is 18.5 Å². The first-order chi connectivity index (χ1) is 15.4. The van der Waals surface area contributed by atoms with Gasteiger partial charge in [0.2, 0.25) is 0 Å². The van der Waals surface area contributed by atoms with E-state index in [9.17, 15) is 9.59 Å². The number of hydrogen-bond acceptors (Lipinski definition) is 7. The largest absolute Gasteiger partial charge is 0.456 e. The van der Waals surface area contributed by atoms with Crippen LogP contribution in [0.2, 0.25) is 5.02 Å². The first-order valence-electron chi connectivity index (χ1n) is 10.0. The number of benzene rings is 2. The topological polar surface area (TPSA) is 91.7 Å². The van der Waals surface area contributed by atoms with Crippen LogP contribution in [0.25, 0.3) is 11.3 Å². The third-order valence-corrected chi connectivity index (χ3v) is 5.11. The van der Waals surface area contributed by atoms with Gasteiger partial charge < -0.3 is 19.5 Å². The first kappa shape index (κ1) is 21.9. The molecule has 166 valence electrons. The van der Waals surface area contributed by atoms with E-state index in [-0.39, 0.29) is 6.61 Å². The molecule has 0 bridgehead atoms. The summed E-state index contributed by atoms with van der Waals surface area (Å²) in [5, 5.41) is 8.69. The Bertz CT molecular complexity index is 1100. The normalized spacial score (nSPS) is 20.0. The van der Waals surface area contributed by atoms with E-state index < -0.39 is 30.4 Å². The minimum Gasteiger partial charge on any atom is -0.456 e. The maximum atomic E-state index is 11.7. The summed E-state index contributed by atoms with van der Waals surface area (Å²) in [5.41, 5.74) is 3.10. The Hall–Kier alpha value is -3.36. The fourth-order valence-electron chi connectivity index (χ4n) is 3.55. The van der Waals surface area contributed by atoms with E-state index in [1.807, 2.05) is 42.5 Å². The van der Waals surface area contributed by atoms with E-state index in [1.165, 1.54) is 13.8 Å². The van der Waals surface area contributed by atoms with Crippen LogP contribution in [-0.2, 0) is 23.8 Å². The van der Waals surface area contributed by atoms with Crippen molar-refractivity contribution in [1.29, 1.82) is 0 Å². The second-order valence-electron chi connectivity index (χ2n) is 7.32. The first-order valence-corrected chi connectivity index (χ1v) is 10.4. The van der Waals surface area contributed by atoms with Crippen molar-refractivity contribution < 1.29 is 23.8 Å². The summed E-state index contributed by atoms with van der Waals surface area (Å²) >= 11 is 6.05. The zero-order valence-corrected chi connectivity index (χ0v) is 18.3. The van der Waals surface area contributed by atoms with Gasteiger partial charge in [0, 0.05) is 30.1 Å². The molecule has 2 heterocycles. The summed E-state index contributed by atoms with van der Waals surface area (Å²) in [6.45, 7) is 2.68. The molecular weight excluding hydrogens is 434 g/mol. The van der Waals surface area contributed by atoms with Gasteiger partial charge in [-0.05, 0) is 24.3 Å². The van der Waals surface area contributed by atoms with Crippen molar-refractivity contribution in [3.63, 3.8) is 0 Å². The number of nitrogens with zero attached hydrogens (tertiary/aromatic N) is 2. The number of anilines is 2. The molecule has 9 heteroatoms. The summed E-state index contributed by atoms with van der Waals surface area (Å²) < 4.78 is 18.1. The maximum absolute atomic E-state index is 11.7. The lowest BCUT2D eigenvalue weighted by atomic mass is 10.1. The number of nitrogens with one attached hydrogen (secondary N) is 1. The van der Waals surface area contributed by atoms with Crippen molar-refractivity contribution in [3.8, 4) is 11.3 Å². The minimum absolute atomic E-state index is 0.0831. The highest BCUT2D eigenvalue weighted by Crippen LogP contribution is 2.35. The van der Waals surface area contributed by atoms with Crippen LogP contribution in [0.5, 0.6) is 0 Å². The molecule has 0 aliphatic carbocycles. The van der Waals surface area contributed by atoms with Crippen molar-refractivity contribution in [3.05, 3.63) is 65.8 Å². The lowest BCUT2D eigenvalue weighted by molar-refractivity contribution is -0.165.